The van der Waals surface area contributed by atoms with Crippen LogP contribution in [0, 0.1) is 23.7 Å². The second-order valence-corrected chi connectivity index (χ2v) is 5.17. The molecule has 0 aliphatic carbocycles. The van der Waals surface area contributed by atoms with E-state index < -0.39 is 6.03 Å². The Morgan fingerprint density at radius 2 is 1.80 bits per heavy atom. The summed E-state index contributed by atoms with van der Waals surface area (Å²) in [6, 6.07) is 5.80. The Morgan fingerprint density at radius 3 is 2.15 bits per heavy atom. The van der Waals surface area contributed by atoms with E-state index in [0.717, 1.165) is 6.42 Å². The molecule has 1 aliphatic heterocycles. The Labute approximate surface area is 132 Å². The van der Waals surface area contributed by atoms with Crippen LogP contribution in [0.2, 0.25) is 0 Å². The molecule has 1 fully saturated rings. The van der Waals surface area contributed by atoms with Gasteiger partial charge in [0.1, 0.15) is 6.04 Å². The molecule has 4 nitrogen and oxygen atoms in total. The first-order chi connectivity index (χ1) is 9.42. The fourth-order valence-corrected chi connectivity index (χ4v) is 2.02. The minimum absolute atomic E-state index is 0.255. The molecule has 2 rings (SSSR count). The minimum Gasteiger partial charge on any atom is -0.326 e. The molecule has 0 spiro atoms. The molecule has 1 unspecified atom stereocenters. The Morgan fingerprint density at radius 1 is 1.20 bits per heavy atom. The van der Waals surface area contributed by atoms with Crippen LogP contribution in [-0.2, 0) is 11.2 Å². The quantitative estimate of drug-likeness (QED) is 0.444. The number of imide groups is 1. The fraction of sp³-hybridized carbons (Fsp3) is 0.333. The summed E-state index contributed by atoms with van der Waals surface area (Å²) in [5, 5.41) is 4.44. The van der Waals surface area contributed by atoms with Gasteiger partial charge in [-0.25, -0.2) is 4.79 Å². The lowest BCUT2D eigenvalue weighted by Gasteiger charge is -2.00. The zero-order chi connectivity index (χ0) is 15.1. The molecule has 3 amide bonds. The number of benzene rings is 1. The van der Waals surface area contributed by atoms with Gasteiger partial charge in [-0.3, -0.25) is 10.1 Å². The van der Waals surface area contributed by atoms with Crippen molar-refractivity contribution in [3.8, 4) is 9.85 Å². The lowest BCUT2D eigenvalue weighted by Crippen LogP contribution is -2.24. The standard InChI is InChI=1S/C11H11I.C4H6N2O2/c1-9-6-10(2)8-11(7-9)4-3-5-12;1-2-3(7)6-4(8)5-2/h6-8H,4H2,1-2H3;2H,1H3,(H2,5,6,7,8). The van der Waals surface area contributed by atoms with Crippen molar-refractivity contribution in [1.29, 1.82) is 0 Å². The van der Waals surface area contributed by atoms with Crippen LogP contribution in [0.25, 0.3) is 0 Å². The van der Waals surface area contributed by atoms with Gasteiger partial charge >= 0.3 is 6.03 Å². The van der Waals surface area contributed by atoms with E-state index in [2.05, 4.69) is 75.1 Å². The van der Waals surface area contributed by atoms with E-state index in [0.29, 0.717) is 0 Å². The van der Waals surface area contributed by atoms with Crippen LogP contribution in [0.5, 0.6) is 0 Å². The number of nitrogens with one attached hydrogen (secondary N) is 2. The maximum atomic E-state index is 10.4. The molecule has 1 saturated heterocycles. The van der Waals surface area contributed by atoms with Crippen LogP contribution in [0.3, 0.4) is 0 Å². The number of amides is 3. The van der Waals surface area contributed by atoms with Crippen LogP contribution in [0.15, 0.2) is 18.2 Å². The number of hydrogen-bond donors (Lipinski definition) is 2. The van der Waals surface area contributed by atoms with Gasteiger partial charge in [-0.05, 0) is 30.3 Å². The monoisotopic (exact) mass is 384 g/mol. The summed E-state index contributed by atoms with van der Waals surface area (Å²) in [4.78, 5) is 20.6. The van der Waals surface area contributed by atoms with Crippen molar-refractivity contribution in [3.63, 3.8) is 0 Å². The molecular formula is C15H17IN2O2. The molecule has 1 aliphatic rings. The average Bonchev–Trinajstić information content (AvgIpc) is 2.63. The van der Waals surface area contributed by atoms with Crippen LogP contribution in [0.4, 0.5) is 4.79 Å². The van der Waals surface area contributed by atoms with Crippen molar-refractivity contribution >= 4 is 34.5 Å². The third kappa shape index (κ3) is 5.61. The van der Waals surface area contributed by atoms with Crippen molar-refractivity contribution in [2.75, 3.05) is 0 Å². The number of aryl methyl sites for hydroxylation is 2. The zero-order valence-electron chi connectivity index (χ0n) is 11.7. The Kier molecular flexibility index (Phi) is 6.52. The van der Waals surface area contributed by atoms with Gasteiger partial charge in [-0.2, -0.15) is 0 Å². The highest BCUT2D eigenvalue weighted by atomic mass is 127. The molecule has 5 heteroatoms. The first-order valence-electron chi connectivity index (χ1n) is 6.19. The van der Waals surface area contributed by atoms with E-state index in [-0.39, 0.29) is 11.9 Å². The first kappa shape index (κ1) is 16.5. The fourth-order valence-electron chi connectivity index (χ4n) is 1.82. The molecule has 0 radical (unpaired) electrons. The van der Waals surface area contributed by atoms with Crippen LogP contribution in [0.1, 0.15) is 23.6 Å². The van der Waals surface area contributed by atoms with Crippen molar-refractivity contribution in [2.45, 2.75) is 33.2 Å². The van der Waals surface area contributed by atoms with Gasteiger partial charge in [-0.1, -0.05) is 35.2 Å². The molecular weight excluding hydrogens is 367 g/mol. The van der Waals surface area contributed by atoms with E-state index in [1.165, 1.54) is 16.7 Å². The number of carbonyl (C=O) groups excluding carboxylic acids is 2. The molecule has 1 aromatic rings. The van der Waals surface area contributed by atoms with Gasteiger partial charge < -0.3 is 5.32 Å². The van der Waals surface area contributed by atoms with E-state index in [4.69, 9.17) is 0 Å². The van der Waals surface area contributed by atoms with Gasteiger partial charge in [0, 0.05) is 29.0 Å². The van der Waals surface area contributed by atoms with Gasteiger partial charge in [-0.15, -0.1) is 0 Å². The SMILES string of the molecule is CC1NC(=O)NC1=O.Cc1cc(C)cc(CC#CI)c1. The summed E-state index contributed by atoms with van der Waals surface area (Å²) in [5.41, 5.74) is 3.96. The Hall–Kier alpha value is -1.55. The molecule has 2 N–H and O–H groups in total. The second kappa shape index (κ2) is 7.90. The summed E-state index contributed by atoms with van der Waals surface area (Å²) < 4.78 is 2.88. The van der Waals surface area contributed by atoms with Crippen molar-refractivity contribution in [2.24, 2.45) is 0 Å². The van der Waals surface area contributed by atoms with Gasteiger partial charge in [0.15, 0.2) is 0 Å². The maximum Gasteiger partial charge on any atom is 0.322 e. The summed E-state index contributed by atoms with van der Waals surface area (Å²) >= 11 is 2.07. The molecule has 20 heavy (non-hydrogen) atoms. The minimum atomic E-state index is -0.400. The molecule has 1 atom stereocenters. The van der Waals surface area contributed by atoms with Crippen LogP contribution >= 0.6 is 22.6 Å². The number of halogens is 1. The predicted octanol–water partition coefficient (Wildman–Crippen LogP) is 2.46. The summed E-state index contributed by atoms with van der Waals surface area (Å²) in [7, 11) is 0. The first-order valence-corrected chi connectivity index (χ1v) is 7.27. The highest BCUT2D eigenvalue weighted by molar-refractivity contribution is 14.1. The number of rotatable bonds is 1. The lowest BCUT2D eigenvalue weighted by molar-refractivity contribution is -0.119. The number of hydrogen-bond acceptors (Lipinski definition) is 2. The zero-order valence-corrected chi connectivity index (χ0v) is 13.9. The van der Waals surface area contributed by atoms with Crippen molar-refractivity contribution < 1.29 is 9.59 Å². The molecule has 1 heterocycles. The van der Waals surface area contributed by atoms with Gasteiger partial charge in [0.25, 0.3) is 0 Å². The molecule has 0 bridgehead atoms. The largest absolute Gasteiger partial charge is 0.326 e. The third-order valence-electron chi connectivity index (χ3n) is 2.62. The van der Waals surface area contributed by atoms with Gasteiger partial charge in [0.05, 0.1) is 0 Å². The smallest absolute Gasteiger partial charge is 0.322 e. The van der Waals surface area contributed by atoms with E-state index in [9.17, 15) is 9.59 Å². The van der Waals surface area contributed by atoms with Crippen LogP contribution in [-0.4, -0.2) is 18.0 Å². The normalized spacial score (nSPS) is 16.3. The van der Waals surface area contributed by atoms with Crippen LogP contribution < -0.4 is 10.6 Å². The third-order valence-corrected chi connectivity index (χ3v) is 3.00. The number of carbonyl (C=O) groups is 2. The van der Waals surface area contributed by atoms with Gasteiger partial charge in [0.2, 0.25) is 5.91 Å². The average molecular weight is 384 g/mol. The van der Waals surface area contributed by atoms with Crippen molar-refractivity contribution in [3.05, 3.63) is 34.9 Å². The molecule has 106 valence electrons. The molecule has 0 aromatic heterocycles. The Balaban J connectivity index is 0.000000217. The summed E-state index contributed by atoms with van der Waals surface area (Å²) in [6.45, 7) is 5.86. The van der Waals surface area contributed by atoms with E-state index in [1.54, 1.807) is 6.92 Å². The summed E-state index contributed by atoms with van der Waals surface area (Å²) in [5.74, 6) is 2.80. The number of urea groups is 1. The van der Waals surface area contributed by atoms with E-state index in [1.807, 2.05) is 0 Å². The van der Waals surface area contributed by atoms with E-state index >= 15 is 0 Å². The maximum absolute atomic E-state index is 10.4. The molecule has 0 saturated carbocycles. The predicted molar refractivity (Wildman–Crippen MR) is 87.6 cm³/mol. The van der Waals surface area contributed by atoms with Crippen molar-refractivity contribution in [1.82, 2.24) is 10.6 Å². The second-order valence-electron chi connectivity index (χ2n) is 4.63. The lowest BCUT2D eigenvalue weighted by atomic mass is 10.1. The topological polar surface area (TPSA) is 58.2 Å². The highest BCUT2D eigenvalue weighted by Gasteiger charge is 2.24. The molecule has 1 aromatic carbocycles. The summed E-state index contributed by atoms with van der Waals surface area (Å²) in [6.07, 6.45) is 0.867. The highest BCUT2D eigenvalue weighted by Crippen LogP contribution is 2.08. The Bertz CT molecular complexity index is 553.